The molecular weight excluding hydrogens is 307 g/mol. The maximum atomic E-state index is 11.7. The molecule has 0 saturated carbocycles. The van der Waals surface area contributed by atoms with Crippen molar-refractivity contribution < 1.29 is 23.2 Å². The van der Waals surface area contributed by atoms with Gasteiger partial charge in [-0.25, -0.2) is 0 Å². The minimum atomic E-state index is -2.37. The van der Waals surface area contributed by atoms with Crippen LogP contribution >= 0.6 is 8.25 Å². The summed E-state index contributed by atoms with van der Waals surface area (Å²) in [5, 5.41) is 5.27. The van der Waals surface area contributed by atoms with Crippen LogP contribution in [-0.4, -0.2) is 36.1 Å². The van der Waals surface area contributed by atoms with Gasteiger partial charge in [-0.2, -0.15) is 0 Å². The van der Waals surface area contributed by atoms with Crippen molar-refractivity contribution in [2.24, 2.45) is 0 Å². The lowest BCUT2D eigenvalue weighted by Gasteiger charge is -2.23. The summed E-state index contributed by atoms with van der Waals surface area (Å²) in [5.74, 6) is -0.698. The molecule has 22 heavy (non-hydrogen) atoms. The summed E-state index contributed by atoms with van der Waals surface area (Å²) in [4.78, 5) is 22.4. The highest BCUT2D eigenvalue weighted by molar-refractivity contribution is 7.33. The summed E-state index contributed by atoms with van der Waals surface area (Å²) < 4.78 is 21.9. The second-order valence-electron chi connectivity index (χ2n) is 5.92. The van der Waals surface area contributed by atoms with Crippen molar-refractivity contribution in [3.05, 3.63) is 25.3 Å². The summed E-state index contributed by atoms with van der Waals surface area (Å²) in [7, 11) is -2.37. The lowest BCUT2D eigenvalue weighted by atomic mass is 10.1. The second kappa shape index (κ2) is 8.78. The molecule has 0 unspecified atom stereocenters. The van der Waals surface area contributed by atoms with E-state index in [9.17, 15) is 14.2 Å². The Bertz CT molecular complexity index is 420. The molecule has 0 atom stereocenters. The standard InChI is InChI=1S/C14H23N2O5P/c1-7-11(17)15-13(3,4)9-20-22(19)21-10-14(5,6)16-12(18)8-2/h7-8H,1-2,9-10H2,3-6H3,(H-,15,16,17,18)/p+1. The molecule has 0 aliphatic rings. The van der Waals surface area contributed by atoms with Crippen molar-refractivity contribution in [1.82, 2.24) is 10.6 Å². The predicted octanol–water partition coefficient (Wildman–Crippen LogP) is 1.84. The molecule has 0 aliphatic carbocycles. The summed E-state index contributed by atoms with van der Waals surface area (Å²) in [6, 6.07) is 0. The molecule has 0 fully saturated rings. The number of rotatable bonds is 10. The van der Waals surface area contributed by atoms with Crippen LogP contribution in [0.2, 0.25) is 0 Å². The van der Waals surface area contributed by atoms with E-state index in [-0.39, 0.29) is 25.0 Å². The Kier molecular flexibility index (Phi) is 8.16. The summed E-state index contributed by atoms with van der Waals surface area (Å²) in [6.45, 7) is 13.6. The minimum Gasteiger partial charge on any atom is -0.345 e. The van der Waals surface area contributed by atoms with E-state index in [0.29, 0.717) is 0 Å². The molecule has 0 bridgehead atoms. The minimum absolute atomic E-state index is 0.00122. The monoisotopic (exact) mass is 331 g/mol. The van der Waals surface area contributed by atoms with Gasteiger partial charge >= 0.3 is 8.25 Å². The van der Waals surface area contributed by atoms with Gasteiger partial charge < -0.3 is 10.6 Å². The van der Waals surface area contributed by atoms with E-state index in [2.05, 4.69) is 23.8 Å². The smallest absolute Gasteiger partial charge is 0.345 e. The van der Waals surface area contributed by atoms with Crippen LogP contribution in [0.1, 0.15) is 27.7 Å². The van der Waals surface area contributed by atoms with E-state index in [0.717, 1.165) is 12.2 Å². The first kappa shape index (κ1) is 20.4. The molecule has 0 aromatic rings. The Labute approximate surface area is 132 Å². The van der Waals surface area contributed by atoms with Gasteiger partial charge in [-0.1, -0.05) is 13.2 Å². The van der Waals surface area contributed by atoms with E-state index < -0.39 is 19.3 Å². The van der Waals surface area contributed by atoms with Crippen molar-refractivity contribution in [1.29, 1.82) is 0 Å². The molecule has 0 spiro atoms. The lowest BCUT2D eigenvalue weighted by molar-refractivity contribution is -0.119. The lowest BCUT2D eigenvalue weighted by Crippen LogP contribution is -2.46. The van der Waals surface area contributed by atoms with Crippen molar-refractivity contribution in [3.63, 3.8) is 0 Å². The number of carbonyl (C=O) groups is 2. The molecule has 2 N–H and O–H groups in total. The molecule has 0 heterocycles. The number of nitrogens with one attached hydrogen (secondary N) is 2. The van der Waals surface area contributed by atoms with Gasteiger partial charge in [0, 0.05) is 4.57 Å². The van der Waals surface area contributed by atoms with Crippen LogP contribution in [0.3, 0.4) is 0 Å². The normalized spacial score (nSPS) is 11.5. The van der Waals surface area contributed by atoms with Gasteiger partial charge in [0.15, 0.2) is 0 Å². The third-order valence-electron chi connectivity index (χ3n) is 2.36. The number of hydrogen-bond donors (Lipinski definition) is 2. The summed E-state index contributed by atoms with van der Waals surface area (Å²) >= 11 is 0. The van der Waals surface area contributed by atoms with Gasteiger partial charge in [0.2, 0.25) is 11.8 Å². The highest BCUT2D eigenvalue weighted by Gasteiger charge is 2.31. The van der Waals surface area contributed by atoms with Gasteiger partial charge in [-0.3, -0.25) is 9.59 Å². The van der Waals surface area contributed by atoms with Gasteiger partial charge in [-0.05, 0) is 39.8 Å². The first-order valence-electron chi connectivity index (χ1n) is 6.63. The van der Waals surface area contributed by atoms with Crippen LogP contribution in [0.25, 0.3) is 0 Å². The summed E-state index contributed by atoms with van der Waals surface area (Å²) in [6.07, 6.45) is 2.28. The van der Waals surface area contributed by atoms with Gasteiger partial charge in [-0.15, -0.1) is 9.05 Å². The number of amides is 2. The van der Waals surface area contributed by atoms with Crippen molar-refractivity contribution >= 4 is 20.1 Å². The van der Waals surface area contributed by atoms with Crippen molar-refractivity contribution in [2.45, 2.75) is 38.8 Å². The Balaban J connectivity index is 4.24. The predicted molar refractivity (Wildman–Crippen MR) is 84.3 cm³/mol. The van der Waals surface area contributed by atoms with Gasteiger partial charge in [0.05, 0.1) is 11.1 Å². The Hall–Kier alpha value is -1.56. The quantitative estimate of drug-likeness (QED) is 0.470. The average molecular weight is 331 g/mol. The largest absolute Gasteiger partial charge is 0.697 e. The van der Waals surface area contributed by atoms with Crippen LogP contribution in [0.4, 0.5) is 0 Å². The molecule has 8 heteroatoms. The molecular formula is C14H24N2O5P+. The van der Waals surface area contributed by atoms with E-state index >= 15 is 0 Å². The molecule has 124 valence electrons. The van der Waals surface area contributed by atoms with Crippen molar-refractivity contribution in [2.75, 3.05) is 13.2 Å². The Morgan fingerprint density at radius 2 is 1.27 bits per heavy atom. The first-order valence-corrected chi connectivity index (χ1v) is 7.73. The first-order chi connectivity index (χ1) is 10.0. The van der Waals surface area contributed by atoms with Crippen LogP contribution < -0.4 is 10.6 Å². The molecule has 0 aromatic heterocycles. The molecule has 0 aliphatic heterocycles. The maximum absolute atomic E-state index is 11.7. The second-order valence-corrected chi connectivity index (χ2v) is 6.89. The zero-order chi connectivity index (χ0) is 17.4. The van der Waals surface area contributed by atoms with E-state index in [1.165, 1.54) is 0 Å². The SMILES string of the molecule is C=CC(=O)NC(C)(C)CO[P+](=O)OCC(C)(C)NC(=O)C=C. The van der Waals surface area contributed by atoms with E-state index in [1.807, 2.05) is 0 Å². The van der Waals surface area contributed by atoms with Gasteiger partial charge in [0.1, 0.15) is 13.2 Å². The maximum Gasteiger partial charge on any atom is 0.697 e. The van der Waals surface area contributed by atoms with Crippen LogP contribution in [0.5, 0.6) is 0 Å². The zero-order valence-electron chi connectivity index (χ0n) is 13.5. The third-order valence-corrected chi connectivity index (χ3v) is 3.04. The molecule has 0 radical (unpaired) electrons. The molecule has 0 saturated heterocycles. The topological polar surface area (TPSA) is 93.7 Å². The van der Waals surface area contributed by atoms with E-state index in [4.69, 9.17) is 9.05 Å². The zero-order valence-corrected chi connectivity index (χ0v) is 14.4. The highest BCUT2D eigenvalue weighted by atomic mass is 31.1. The Morgan fingerprint density at radius 1 is 0.955 bits per heavy atom. The summed E-state index contributed by atoms with van der Waals surface area (Å²) in [5.41, 5.74) is -1.43. The fraction of sp³-hybridized carbons (Fsp3) is 0.571. The van der Waals surface area contributed by atoms with Crippen LogP contribution in [0.15, 0.2) is 25.3 Å². The van der Waals surface area contributed by atoms with Gasteiger partial charge in [0.25, 0.3) is 0 Å². The van der Waals surface area contributed by atoms with Crippen LogP contribution in [-0.2, 0) is 23.2 Å². The fourth-order valence-electron chi connectivity index (χ4n) is 1.31. The molecule has 7 nitrogen and oxygen atoms in total. The van der Waals surface area contributed by atoms with Crippen LogP contribution in [0, 0.1) is 0 Å². The average Bonchev–Trinajstić information content (AvgIpc) is 2.42. The van der Waals surface area contributed by atoms with Crippen molar-refractivity contribution in [3.8, 4) is 0 Å². The molecule has 0 rings (SSSR count). The number of carbonyl (C=O) groups excluding carboxylic acids is 2. The Morgan fingerprint density at radius 3 is 1.55 bits per heavy atom. The number of hydrogen-bond acceptors (Lipinski definition) is 5. The third kappa shape index (κ3) is 9.39. The molecule has 0 aromatic carbocycles. The fourth-order valence-corrected chi connectivity index (χ4v) is 2.24. The van der Waals surface area contributed by atoms with E-state index in [1.54, 1.807) is 27.7 Å². The highest BCUT2D eigenvalue weighted by Crippen LogP contribution is 2.27. The molecule has 2 amide bonds.